The fourth-order valence-corrected chi connectivity index (χ4v) is 2.67. The van der Waals surface area contributed by atoms with Crippen molar-refractivity contribution in [3.63, 3.8) is 0 Å². The van der Waals surface area contributed by atoms with Crippen molar-refractivity contribution in [1.29, 1.82) is 0 Å². The van der Waals surface area contributed by atoms with Gasteiger partial charge in [0.2, 0.25) is 0 Å². The average molecular weight is 280 g/mol. The summed E-state index contributed by atoms with van der Waals surface area (Å²) in [6.07, 6.45) is 2.59. The number of anilines is 1. The Hall–Kier alpha value is -1.13. The predicted molar refractivity (Wildman–Crippen MR) is 80.6 cm³/mol. The number of nitrogens with two attached hydrogens (primary N) is 1. The van der Waals surface area contributed by atoms with Crippen LogP contribution in [-0.4, -0.2) is 31.8 Å². The quantitative estimate of drug-likeness (QED) is 0.921. The first-order valence-electron chi connectivity index (χ1n) is 7.51. The van der Waals surface area contributed by atoms with Crippen LogP contribution in [0.2, 0.25) is 0 Å². The summed E-state index contributed by atoms with van der Waals surface area (Å²) in [6, 6.07) is 5.31. The zero-order valence-electron chi connectivity index (χ0n) is 12.4. The van der Waals surface area contributed by atoms with Crippen molar-refractivity contribution in [3.05, 3.63) is 29.6 Å². The molecule has 2 unspecified atom stereocenters. The van der Waals surface area contributed by atoms with Gasteiger partial charge < -0.3 is 15.4 Å². The van der Waals surface area contributed by atoms with E-state index in [0.717, 1.165) is 43.8 Å². The zero-order valence-corrected chi connectivity index (χ0v) is 12.4. The van der Waals surface area contributed by atoms with Gasteiger partial charge in [0.05, 0.1) is 6.10 Å². The minimum absolute atomic E-state index is 0.00583. The zero-order chi connectivity index (χ0) is 14.5. The van der Waals surface area contributed by atoms with Gasteiger partial charge in [0.15, 0.2) is 0 Å². The molecule has 0 saturated carbocycles. The van der Waals surface area contributed by atoms with Crippen molar-refractivity contribution in [2.75, 3.05) is 24.6 Å². The summed E-state index contributed by atoms with van der Waals surface area (Å²) in [5.41, 5.74) is 7.74. The first-order valence-corrected chi connectivity index (χ1v) is 7.51. The third-order valence-corrected chi connectivity index (χ3v) is 3.88. The van der Waals surface area contributed by atoms with E-state index in [1.165, 1.54) is 6.07 Å². The van der Waals surface area contributed by atoms with Crippen LogP contribution in [0, 0.1) is 5.82 Å². The normalized spacial score (nSPS) is 21.6. The monoisotopic (exact) mass is 280 g/mol. The van der Waals surface area contributed by atoms with E-state index in [1.807, 2.05) is 13.0 Å². The van der Waals surface area contributed by atoms with E-state index in [9.17, 15) is 4.39 Å². The Balaban J connectivity index is 2.27. The maximum atomic E-state index is 14.2. The molecular weight excluding hydrogens is 255 g/mol. The molecule has 0 aliphatic carbocycles. The second-order valence-corrected chi connectivity index (χ2v) is 5.59. The molecule has 1 aromatic carbocycles. The molecule has 4 heteroatoms. The molecule has 1 saturated heterocycles. The average Bonchev–Trinajstić information content (AvgIpc) is 2.65. The van der Waals surface area contributed by atoms with Crippen LogP contribution in [0.4, 0.5) is 10.1 Å². The Labute approximate surface area is 120 Å². The molecule has 3 nitrogen and oxygen atoms in total. The van der Waals surface area contributed by atoms with Crippen LogP contribution in [0.5, 0.6) is 0 Å². The number of halogens is 1. The van der Waals surface area contributed by atoms with E-state index < -0.39 is 0 Å². The highest BCUT2D eigenvalue weighted by molar-refractivity contribution is 5.55. The van der Waals surface area contributed by atoms with Gasteiger partial charge in [0.25, 0.3) is 0 Å². The first-order chi connectivity index (χ1) is 9.61. The van der Waals surface area contributed by atoms with Gasteiger partial charge in [0, 0.05) is 37.0 Å². The molecule has 0 bridgehead atoms. The minimum Gasteiger partial charge on any atom is -0.377 e. The fourth-order valence-electron chi connectivity index (χ4n) is 2.67. The van der Waals surface area contributed by atoms with Crippen LogP contribution in [0.1, 0.15) is 32.3 Å². The summed E-state index contributed by atoms with van der Waals surface area (Å²) in [5.74, 6) is -0.149. The summed E-state index contributed by atoms with van der Waals surface area (Å²) in [4.78, 5) is 2.23. The largest absolute Gasteiger partial charge is 0.377 e. The van der Waals surface area contributed by atoms with Crippen molar-refractivity contribution in [2.45, 2.75) is 45.3 Å². The van der Waals surface area contributed by atoms with Crippen LogP contribution >= 0.6 is 0 Å². The summed E-state index contributed by atoms with van der Waals surface area (Å²) in [7, 11) is 0. The molecule has 2 atom stereocenters. The minimum atomic E-state index is -0.149. The Bertz CT molecular complexity index is 438. The molecule has 2 rings (SSSR count). The molecular formula is C16H25FN2O. The van der Waals surface area contributed by atoms with Gasteiger partial charge in [-0.05, 0) is 38.3 Å². The highest BCUT2D eigenvalue weighted by Gasteiger charge is 2.20. The summed E-state index contributed by atoms with van der Waals surface area (Å²) < 4.78 is 19.9. The van der Waals surface area contributed by atoms with E-state index in [-0.39, 0.29) is 18.0 Å². The standard InChI is InChI=1S/C16H25FN2O/c1-3-13(18)10-14-15(17)6-4-7-16(14)19-8-5-9-20-12(2)11-19/h4,6-7,12-13H,3,5,8-11,18H2,1-2H3. The third-order valence-electron chi connectivity index (χ3n) is 3.88. The van der Waals surface area contributed by atoms with E-state index >= 15 is 0 Å². The van der Waals surface area contributed by atoms with Gasteiger partial charge in [-0.15, -0.1) is 0 Å². The molecule has 0 aromatic heterocycles. The van der Waals surface area contributed by atoms with Crippen molar-refractivity contribution in [2.24, 2.45) is 5.73 Å². The van der Waals surface area contributed by atoms with Crippen LogP contribution in [0.15, 0.2) is 18.2 Å². The molecule has 1 fully saturated rings. The highest BCUT2D eigenvalue weighted by atomic mass is 19.1. The molecule has 0 spiro atoms. The van der Waals surface area contributed by atoms with Crippen LogP contribution in [0.25, 0.3) is 0 Å². The number of nitrogens with zero attached hydrogens (tertiary/aromatic N) is 1. The van der Waals surface area contributed by atoms with Gasteiger partial charge in [0.1, 0.15) is 5.82 Å². The van der Waals surface area contributed by atoms with Gasteiger partial charge in [-0.2, -0.15) is 0 Å². The van der Waals surface area contributed by atoms with E-state index in [0.29, 0.717) is 6.42 Å². The number of ether oxygens (including phenoxy) is 1. The summed E-state index contributed by atoms with van der Waals surface area (Å²) >= 11 is 0. The van der Waals surface area contributed by atoms with Crippen LogP contribution in [-0.2, 0) is 11.2 Å². The van der Waals surface area contributed by atoms with Crippen LogP contribution < -0.4 is 10.6 Å². The molecule has 0 radical (unpaired) electrons. The number of benzene rings is 1. The van der Waals surface area contributed by atoms with Gasteiger partial charge in [-0.3, -0.25) is 0 Å². The SMILES string of the molecule is CCC(N)Cc1c(F)cccc1N1CCCOC(C)C1. The van der Waals surface area contributed by atoms with Crippen molar-refractivity contribution < 1.29 is 9.13 Å². The molecule has 20 heavy (non-hydrogen) atoms. The smallest absolute Gasteiger partial charge is 0.128 e. The molecule has 1 aromatic rings. The third kappa shape index (κ3) is 3.70. The van der Waals surface area contributed by atoms with Crippen LogP contribution in [0.3, 0.4) is 0 Å². The Morgan fingerprint density at radius 2 is 2.30 bits per heavy atom. The highest BCUT2D eigenvalue weighted by Crippen LogP contribution is 2.26. The van der Waals surface area contributed by atoms with Crippen molar-refractivity contribution in [1.82, 2.24) is 0 Å². The molecule has 1 aliphatic rings. The lowest BCUT2D eigenvalue weighted by Crippen LogP contribution is -2.32. The second kappa shape index (κ2) is 7.04. The maximum absolute atomic E-state index is 14.2. The van der Waals surface area contributed by atoms with E-state index in [2.05, 4.69) is 11.8 Å². The predicted octanol–water partition coefficient (Wildman–Crippen LogP) is 2.72. The maximum Gasteiger partial charge on any atom is 0.128 e. The number of rotatable bonds is 4. The fraction of sp³-hybridized carbons (Fsp3) is 0.625. The van der Waals surface area contributed by atoms with E-state index in [1.54, 1.807) is 6.07 Å². The Kier molecular flexibility index (Phi) is 5.38. The number of hydrogen-bond donors (Lipinski definition) is 1. The lowest BCUT2D eigenvalue weighted by Gasteiger charge is -2.27. The molecule has 112 valence electrons. The lowest BCUT2D eigenvalue weighted by atomic mass is 10.0. The first kappa shape index (κ1) is 15.3. The molecule has 1 heterocycles. The topological polar surface area (TPSA) is 38.5 Å². The molecule has 1 aliphatic heterocycles. The van der Waals surface area contributed by atoms with E-state index in [4.69, 9.17) is 10.5 Å². The second-order valence-electron chi connectivity index (χ2n) is 5.59. The van der Waals surface area contributed by atoms with Gasteiger partial charge in [-0.25, -0.2) is 4.39 Å². The van der Waals surface area contributed by atoms with Crippen molar-refractivity contribution >= 4 is 5.69 Å². The van der Waals surface area contributed by atoms with Gasteiger partial charge in [-0.1, -0.05) is 13.0 Å². The van der Waals surface area contributed by atoms with Crippen molar-refractivity contribution in [3.8, 4) is 0 Å². The summed E-state index contributed by atoms with van der Waals surface area (Å²) in [5, 5.41) is 0. The van der Waals surface area contributed by atoms with Gasteiger partial charge >= 0.3 is 0 Å². The Morgan fingerprint density at radius 1 is 1.50 bits per heavy atom. The lowest BCUT2D eigenvalue weighted by molar-refractivity contribution is 0.0820. The Morgan fingerprint density at radius 3 is 3.05 bits per heavy atom. The number of hydrogen-bond acceptors (Lipinski definition) is 3. The summed E-state index contributed by atoms with van der Waals surface area (Å²) in [6.45, 7) is 6.58. The molecule has 2 N–H and O–H groups in total. The molecule has 0 amide bonds.